The summed E-state index contributed by atoms with van der Waals surface area (Å²) in [7, 11) is 0. The van der Waals surface area contributed by atoms with Crippen LogP contribution in [0.15, 0.2) is 186 Å². The molecule has 0 amide bonds. The number of nitrogens with zero attached hydrogens (tertiary/aromatic N) is 2. The molecule has 2 heteroatoms. The van der Waals surface area contributed by atoms with Crippen LogP contribution in [0.3, 0.4) is 0 Å². The van der Waals surface area contributed by atoms with E-state index in [0.29, 0.717) is 35.8 Å². The molecule has 6 unspecified atom stereocenters. The Kier molecular flexibility index (Phi) is 8.67. The first kappa shape index (κ1) is 34.0. The molecular formula is C54H52N2. The quantitative estimate of drug-likeness (QED) is 0.230. The molecule has 278 valence electrons. The molecule has 0 N–H and O–H groups in total. The van der Waals surface area contributed by atoms with Crippen LogP contribution in [0.25, 0.3) is 33.1 Å². The maximum absolute atomic E-state index is 2.87. The fourth-order valence-electron chi connectivity index (χ4n) is 11.2. The van der Waals surface area contributed by atoms with Crippen molar-refractivity contribution in [2.75, 3.05) is 0 Å². The Morgan fingerprint density at radius 1 is 0.625 bits per heavy atom. The fraction of sp³-hybridized carbons (Fsp3) is 0.296. The van der Waals surface area contributed by atoms with Crippen LogP contribution in [-0.4, -0.2) is 21.6 Å². The predicted molar refractivity (Wildman–Crippen MR) is 236 cm³/mol. The van der Waals surface area contributed by atoms with Gasteiger partial charge in [0.15, 0.2) is 0 Å². The van der Waals surface area contributed by atoms with Crippen LogP contribution in [0.1, 0.15) is 69.8 Å². The fourth-order valence-corrected chi connectivity index (χ4v) is 11.2. The van der Waals surface area contributed by atoms with Gasteiger partial charge in [0.2, 0.25) is 0 Å². The Morgan fingerprint density at radius 3 is 2.39 bits per heavy atom. The molecular weight excluding hydrogens is 677 g/mol. The Morgan fingerprint density at radius 2 is 1.54 bits per heavy atom. The van der Waals surface area contributed by atoms with Gasteiger partial charge in [-0.3, -0.25) is 0 Å². The Hall–Kier alpha value is -5.34. The van der Waals surface area contributed by atoms with Crippen molar-refractivity contribution in [1.82, 2.24) is 9.47 Å². The molecule has 8 aliphatic rings. The van der Waals surface area contributed by atoms with E-state index in [2.05, 4.69) is 167 Å². The zero-order valence-electron chi connectivity index (χ0n) is 32.4. The lowest BCUT2D eigenvalue weighted by Gasteiger charge is -2.40. The van der Waals surface area contributed by atoms with Crippen molar-refractivity contribution in [2.24, 2.45) is 23.7 Å². The smallest absolute Gasteiger partial charge is 0.0538 e. The molecule has 1 aromatic heterocycles. The van der Waals surface area contributed by atoms with Gasteiger partial charge < -0.3 is 9.47 Å². The summed E-state index contributed by atoms with van der Waals surface area (Å²) in [6, 6.07) is 17.2. The first-order valence-electron chi connectivity index (χ1n) is 21.5. The van der Waals surface area contributed by atoms with Crippen LogP contribution in [0, 0.1) is 23.7 Å². The van der Waals surface area contributed by atoms with Crippen LogP contribution in [0.4, 0.5) is 0 Å². The third kappa shape index (κ3) is 5.92. The molecule has 7 aliphatic carbocycles. The molecule has 2 aromatic carbocycles. The molecule has 0 bridgehead atoms. The van der Waals surface area contributed by atoms with Gasteiger partial charge >= 0.3 is 0 Å². The van der Waals surface area contributed by atoms with Crippen LogP contribution in [-0.2, 0) is 0 Å². The van der Waals surface area contributed by atoms with Gasteiger partial charge in [0.1, 0.15) is 0 Å². The Bertz CT molecular complexity index is 2520. The summed E-state index contributed by atoms with van der Waals surface area (Å²) in [5.41, 5.74) is 14.5. The maximum atomic E-state index is 2.87. The van der Waals surface area contributed by atoms with Crippen LogP contribution in [0.2, 0.25) is 0 Å². The van der Waals surface area contributed by atoms with Crippen molar-refractivity contribution >= 4 is 33.1 Å². The second kappa shape index (κ2) is 14.3. The van der Waals surface area contributed by atoms with E-state index >= 15 is 0 Å². The lowest BCUT2D eigenvalue weighted by molar-refractivity contribution is 0.192. The van der Waals surface area contributed by atoms with E-state index in [1.165, 1.54) is 75.5 Å². The van der Waals surface area contributed by atoms with E-state index in [1.807, 2.05) is 0 Å². The summed E-state index contributed by atoms with van der Waals surface area (Å²) in [5, 5.41) is 2.68. The van der Waals surface area contributed by atoms with E-state index < -0.39 is 0 Å². The summed E-state index contributed by atoms with van der Waals surface area (Å²) < 4.78 is 2.53. The number of hydrogen-bond donors (Lipinski definition) is 0. The Labute approximate surface area is 332 Å². The lowest BCUT2D eigenvalue weighted by atomic mass is 9.76. The zero-order valence-corrected chi connectivity index (χ0v) is 32.4. The first-order valence-corrected chi connectivity index (χ1v) is 21.5. The number of allylic oxidation sites excluding steroid dienone is 22. The van der Waals surface area contributed by atoms with Crippen molar-refractivity contribution in [3.05, 3.63) is 191 Å². The molecule has 1 aliphatic heterocycles. The highest BCUT2D eigenvalue weighted by atomic mass is 15.2. The van der Waals surface area contributed by atoms with Crippen LogP contribution >= 0.6 is 0 Å². The van der Waals surface area contributed by atoms with Crippen LogP contribution < -0.4 is 0 Å². The van der Waals surface area contributed by atoms with Crippen molar-refractivity contribution in [2.45, 2.75) is 76.3 Å². The first-order chi connectivity index (χ1) is 27.8. The average molecular weight is 729 g/mol. The number of aromatic nitrogens is 1. The third-order valence-corrected chi connectivity index (χ3v) is 14.0. The topological polar surface area (TPSA) is 8.17 Å². The Balaban J connectivity index is 0.828. The summed E-state index contributed by atoms with van der Waals surface area (Å²) in [6.07, 6.45) is 57.2. The van der Waals surface area contributed by atoms with Crippen molar-refractivity contribution in [1.29, 1.82) is 0 Å². The number of hydrogen-bond acceptors (Lipinski definition) is 1. The maximum Gasteiger partial charge on any atom is 0.0538 e. The highest BCUT2D eigenvalue weighted by Gasteiger charge is 2.43. The molecule has 0 fully saturated rings. The van der Waals surface area contributed by atoms with Crippen molar-refractivity contribution < 1.29 is 0 Å². The molecule has 3 aromatic rings. The normalized spacial score (nSPS) is 29.4. The van der Waals surface area contributed by atoms with E-state index in [1.54, 1.807) is 16.8 Å². The highest BCUT2D eigenvalue weighted by molar-refractivity contribution is 6.11. The molecule has 2 nitrogen and oxygen atoms in total. The monoisotopic (exact) mass is 728 g/mol. The van der Waals surface area contributed by atoms with Crippen molar-refractivity contribution in [3.8, 4) is 0 Å². The summed E-state index contributed by atoms with van der Waals surface area (Å²) in [5.74, 6) is 1.97. The van der Waals surface area contributed by atoms with Crippen LogP contribution in [0.5, 0.6) is 0 Å². The lowest BCUT2D eigenvalue weighted by Crippen LogP contribution is -2.42. The molecule has 0 radical (unpaired) electrons. The van der Waals surface area contributed by atoms with E-state index in [9.17, 15) is 0 Å². The van der Waals surface area contributed by atoms with Gasteiger partial charge in [-0.2, -0.15) is 0 Å². The minimum atomic E-state index is 0.435. The average Bonchev–Trinajstić information content (AvgIpc) is 3.79. The summed E-state index contributed by atoms with van der Waals surface area (Å²) in [6.45, 7) is 0. The second-order valence-corrected chi connectivity index (χ2v) is 17.1. The largest absolute Gasteiger partial charge is 0.364 e. The van der Waals surface area contributed by atoms with Gasteiger partial charge in [-0.05, 0) is 116 Å². The second-order valence-electron chi connectivity index (χ2n) is 17.1. The summed E-state index contributed by atoms with van der Waals surface area (Å²) in [4.78, 5) is 2.87. The van der Waals surface area contributed by atoms with Gasteiger partial charge in [0, 0.05) is 51.9 Å². The molecule has 6 atom stereocenters. The molecule has 2 heterocycles. The number of benzene rings is 2. The van der Waals surface area contributed by atoms with Crippen molar-refractivity contribution in [3.63, 3.8) is 0 Å². The summed E-state index contributed by atoms with van der Waals surface area (Å²) >= 11 is 0. The standard InChI is InChI=1S/C54H52N2/c1-3-12-37(13-4-1)39-26-30-45(31-27-39)55-51-20-9-7-18-47(51)49-35-43(28-32-53(49)55)40-22-24-41(25-23-40)44-29-33-54-50(36-44)48-19-8-10-21-52(48)56(54)46-17-11-16-42(34-46)38-14-5-2-6-15-38/h1,3-5,7-8,10-12,14-19,21-22,24-27,29-30,33,35-37,40,42,45,49,53H,2,6,9,13,20,23,28,31-32,34H2. The minimum Gasteiger partial charge on any atom is -0.364 e. The number of para-hydroxylation sites is 1. The third-order valence-electron chi connectivity index (χ3n) is 14.0. The molecule has 0 saturated carbocycles. The van der Waals surface area contributed by atoms with Gasteiger partial charge in [-0.15, -0.1) is 0 Å². The zero-order chi connectivity index (χ0) is 37.0. The van der Waals surface area contributed by atoms with Gasteiger partial charge in [-0.25, -0.2) is 0 Å². The minimum absolute atomic E-state index is 0.435. The van der Waals surface area contributed by atoms with E-state index in [0.717, 1.165) is 38.5 Å². The van der Waals surface area contributed by atoms with E-state index in [-0.39, 0.29) is 0 Å². The van der Waals surface area contributed by atoms with Gasteiger partial charge in [0.25, 0.3) is 0 Å². The van der Waals surface area contributed by atoms with E-state index in [4.69, 9.17) is 0 Å². The highest BCUT2D eigenvalue weighted by Crippen LogP contribution is 2.49. The molecule has 11 rings (SSSR count). The molecule has 0 spiro atoms. The SMILES string of the molecule is C1=CCC(C2=CCC(N3C4=C(C=CCC4)C4C=C(C5C=CC(c6ccc7c(c6)c6ccccc6n7C6=CC=CC(C7=CCCC=C7)C6)=CC5)CCC43)C=C2)C=C1. The predicted octanol–water partition coefficient (Wildman–Crippen LogP) is 13.5. The van der Waals surface area contributed by atoms with Gasteiger partial charge in [-0.1, -0.05) is 139 Å². The molecule has 0 saturated heterocycles. The number of rotatable bonds is 6. The number of fused-ring (bicyclic) bond motifs is 5. The molecule has 56 heavy (non-hydrogen) atoms. The van der Waals surface area contributed by atoms with Gasteiger partial charge in [0.05, 0.1) is 17.1 Å².